The molecular weight excluding hydrogens is 312 g/mol. The standard InChI is InChI=1S/C17H13ClN4O/c18-14-6-4-11(19)9-13(14)17(23)22-12-5-7-16(21-10-12)15-3-1-2-8-20-15/h1-10H,19H2,(H,22,23). The Morgan fingerprint density at radius 2 is 1.87 bits per heavy atom. The van der Waals surface area contributed by atoms with Gasteiger partial charge in [-0.2, -0.15) is 0 Å². The molecule has 0 fully saturated rings. The van der Waals surface area contributed by atoms with E-state index in [0.717, 1.165) is 11.4 Å². The molecule has 5 nitrogen and oxygen atoms in total. The average Bonchev–Trinajstić information content (AvgIpc) is 2.58. The van der Waals surface area contributed by atoms with Gasteiger partial charge in [0.15, 0.2) is 0 Å². The zero-order valence-electron chi connectivity index (χ0n) is 12.0. The van der Waals surface area contributed by atoms with Gasteiger partial charge in [0.25, 0.3) is 5.91 Å². The predicted molar refractivity (Wildman–Crippen MR) is 91.3 cm³/mol. The van der Waals surface area contributed by atoms with Crippen LogP contribution in [0.5, 0.6) is 0 Å². The number of benzene rings is 1. The number of pyridine rings is 2. The Labute approximate surface area is 138 Å². The predicted octanol–water partition coefficient (Wildman–Crippen LogP) is 3.63. The molecular formula is C17H13ClN4O. The van der Waals surface area contributed by atoms with Gasteiger partial charge in [-0.3, -0.25) is 14.8 Å². The molecule has 23 heavy (non-hydrogen) atoms. The molecule has 114 valence electrons. The van der Waals surface area contributed by atoms with Gasteiger partial charge in [-0.15, -0.1) is 0 Å². The second-order valence-electron chi connectivity index (χ2n) is 4.84. The van der Waals surface area contributed by atoms with Gasteiger partial charge in [0.2, 0.25) is 0 Å². The van der Waals surface area contributed by atoms with Crippen molar-refractivity contribution in [3.63, 3.8) is 0 Å². The van der Waals surface area contributed by atoms with E-state index in [-0.39, 0.29) is 5.91 Å². The monoisotopic (exact) mass is 324 g/mol. The molecule has 3 N–H and O–H groups in total. The van der Waals surface area contributed by atoms with Crippen LogP contribution in [0.2, 0.25) is 5.02 Å². The van der Waals surface area contributed by atoms with Crippen LogP contribution >= 0.6 is 11.6 Å². The van der Waals surface area contributed by atoms with Crippen molar-refractivity contribution in [2.24, 2.45) is 0 Å². The molecule has 6 heteroatoms. The van der Waals surface area contributed by atoms with E-state index in [1.54, 1.807) is 36.7 Å². The van der Waals surface area contributed by atoms with E-state index in [1.807, 2.05) is 18.2 Å². The van der Waals surface area contributed by atoms with Crippen molar-refractivity contribution in [1.82, 2.24) is 9.97 Å². The first-order valence-corrected chi connectivity index (χ1v) is 7.25. The maximum absolute atomic E-state index is 12.3. The van der Waals surface area contributed by atoms with Crippen molar-refractivity contribution >= 4 is 28.9 Å². The first-order valence-electron chi connectivity index (χ1n) is 6.87. The van der Waals surface area contributed by atoms with Crippen molar-refractivity contribution in [2.75, 3.05) is 11.1 Å². The lowest BCUT2D eigenvalue weighted by molar-refractivity contribution is 0.102. The highest BCUT2D eigenvalue weighted by Crippen LogP contribution is 2.21. The van der Waals surface area contributed by atoms with E-state index in [2.05, 4.69) is 15.3 Å². The van der Waals surface area contributed by atoms with Crippen LogP contribution in [0.1, 0.15) is 10.4 Å². The Kier molecular flexibility index (Phi) is 4.21. The number of nitrogens with two attached hydrogens (primary N) is 1. The van der Waals surface area contributed by atoms with Gasteiger partial charge in [-0.25, -0.2) is 0 Å². The minimum Gasteiger partial charge on any atom is -0.399 e. The van der Waals surface area contributed by atoms with Crippen molar-refractivity contribution in [3.05, 3.63) is 71.5 Å². The highest BCUT2D eigenvalue weighted by Gasteiger charge is 2.11. The molecule has 0 bridgehead atoms. The van der Waals surface area contributed by atoms with Gasteiger partial charge in [0.1, 0.15) is 0 Å². The van der Waals surface area contributed by atoms with Crippen LogP contribution in [-0.4, -0.2) is 15.9 Å². The lowest BCUT2D eigenvalue weighted by Crippen LogP contribution is -2.13. The zero-order chi connectivity index (χ0) is 16.2. The number of carbonyl (C=O) groups excluding carboxylic acids is 1. The number of nitrogen functional groups attached to an aromatic ring is 1. The molecule has 1 amide bonds. The van der Waals surface area contributed by atoms with Crippen LogP contribution in [0, 0.1) is 0 Å². The summed E-state index contributed by atoms with van der Waals surface area (Å²) in [4.78, 5) is 20.8. The van der Waals surface area contributed by atoms with Gasteiger partial charge in [0, 0.05) is 11.9 Å². The molecule has 0 aliphatic carbocycles. The number of nitrogens with one attached hydrogen (secondary N) is 1. The fourth-order valence-electron chi connectivity index (χ4n) is 2.05. The molecule has 3 aromatic rings. The fraction of sp³-hybridized carbons (Fsp3) is 0. The number of rotatable bonds is 3. The second-order valence-corrected chi connectivity index (χ2v) is 5.25. The zero-order valence-corrected chi connectivity index (χ0v) is 12.8. The lowest BCUT2D eigenvalue weighted by atomic mass is 10.2. The molecule has 0 unspecified atom stereocenters. The van der Waals surface area contributed by atoms with Crippen LogP contribution < -0.4 is 11.1 Å². The van der Waals surface area contributed by atoms with E-state index in [4.69, 9.17) is 17.3 Å². The average molecular weight is 325 g/mol. The summed E-state index contributed by atoms with van der Waals surface area (Å²) in [6.07, 6.45) is 3.27. The van der Waals surface area contributed by atoms with Gasteiger partial charge >= 0.3 is 0 Å². The summed E-state index contributed by atoms with van der Waals surface area (Å²) in [6.45, 7) is 0. The van der Waals surface area contributed by atoms with Gasteiger partial charge in [-0.05, 0) is 42.5 Å². The van der Waals surface area contributed by atoms with Crippen LogP contribution in [0.15, 0.2) is 60.9 Å². The normalized spacial score (nSPS) is 10.3. The number of halogens is 1. The van der Waals surface area contributed by atoms with Crippen LogP contribution in [-0.2, 0) is 0 Å². The number of carbonyl (C=O) groups is 1. The van der Waals surface area contributed by atoms with Gasteiger partial charge < -0.3 is 11.1 Å². The first-order chi connectivity index (χ1) is 11.1. The Morgan fingerprint density at radius 1 is 1.04 bits per heavy atom. The Hall–Kier alpha value is -2.92. The second kappa shape index (κ2) is 6.46. The Bertz CT molecular complexity index is 835. The van der Waals surface area contributed by atoms with Gasteiger partial charge in [0.05, 0.1) is 33.9 Å². The summed E-state index contributed by atoms with van der Waals surface area (Å²) in [5.74, 6) is -0.338. The summed E-state index contributed by atoms with van der Waals surface area (Å²) < 4.78 is 0. The van der Waals surface area contributed by atoms with E-state index >= 15 is 0 Å². The van der Waals surface area contributed by atoms with Gasteiger partial charge in [-0.1, -0.05) is 17.7 Å². The molecule has 2 heterocycles. The molecule has 2 aromatic heterocycles. The smallest absolute Gasteiger partial charge is 0.257 e. The van der Waals surface area contributed by atoms with Crippen LogP contribution in [0.3, 0.4) is 0 Å². The van der Waals surface area contributed by atoms with Crippen LogP contribution in [0.25, 0.3) is 11.4 Å². The minimum atomic E-state index is -0.338. The third kappa shape index (κ3) is 3.46. The molecule has 0 atom stereocenters. The maximum atomic E-state index is 12.3. The first kappa shape index (κ1) is 15.0. The topological polar surface area (TPSA) is 80.9 Å². The highest BCUT2D eigenvalue weighted by molar-refractivity contribution is 6.34. The number of hydrogen-bond acceptors (Lipinski definition) is 4. The highest BCUT2D eigenvalue weighted by atomic mass is 35.5. The molecule has 0 saturated heterocycles. The van der Waals surface area contributed by atoms with E-state index in [0.29, 0.717) is 22.0 Å². The Balaban J connectivity index is 1.78. The minimum absolute atomic E-state index is 0.320. The SMILES string of the molecule is Nc1ccc(Cl)c(C(=O)Nc2ccc(-c3ccccn3)nc2)c1. The van der Waals surface area contributed by atoms with Crippen LogP contribution in [0.4, 0.5) is 11.4 Å². The quantitative estimate of drug-likeness (QED) is 0.721. The number of anilines is 2. The largest absolute Gasteiger partial charge is 0.399 e. The molecule has 0 saturated carbocycles. The van der Waals surface area contributed by atoms with Crippen molar-refractivity contribution < 1.29 is 4.79 Å². The van der Waals surface area contributed by atoms with E-state index in [1.165, 1.54) is 6.07 Å². The summed E-state index contributed by atoms with van der Waals surface area (Å²) in [5.41, 5.74) is 8.54. The Morgan fingerprint density at radius 3 is 2.57 bits per heavy atom. The third-order valence-corrected chi connectivity index (χ3v) is 3.51. The van der Waals surface area contributed by atoms with Crippen molar-refractivity contribution in [2.45, 2.75) is 0 Å². The number of hydrogen-bond donors (Lipinski definition) is 2. The van der Waals surface area contributed by atoms with Crippen molar-refractivity contribution in [1.29, 1.82) is 0 Å². The molecule has 0 aliphatic rings. The van der Waals surface area contributed by atoms with E-state index < -0.39 is 0 Å². The van der Waals surface area contributed by atoms with Crippen molar-refractivity contribution in [3.8, 4) is 11.4 Å². The third-order valence-electron chi connectivity index (χ3n) is 3.18. The fourth-order valence-corrected chi connectivity index (χ4v) is 2.25. The maximum Gasteiger partial charge on any atom is 0.257 e. The molecule has 0 aliphatic heterocycles. The molecule has 1 aromatic carbocycles. The molecule has 0 radical (unpaired) electrons. The summed E-state index contributed by atoms with van der Waals surface area (Å²) in [7, 11) is 0. The number of amides is 1. The summed E-state index contributed by atoms with van der Waals surface area (Å²) in [6, 6.07) is 13.9. The lowest BCUT2D eigenvalue weighted by Gasteiger charge is -2.08. The van der Waals surface area contributed by atoms with E-state index in [9.17, 15) is 4.79 Å². The number of nitrogens with zero attached hydrogens (tertiary/aromatic N) is 2. The number of aromatic nitrogens is 2. The molecule has 3 rings (SSSR count). The summed E-state index contributed by atoms with van der Waals surface area (Å²) in [5, 5.41) is 3.09. The molecule has 0 spiro atoms. The summed E-state index contributed by atoms with van der Waals surface area (Å²) >= 11 is 6.02.